The molecule has 0 aromatic carbocycles. The van der Waals surface area contributed by atoms with Gasteiger partial charge in [0.2, 0.25) is 0 Å². The van der Waals surface area contributed by atoms with Crippen LogP contribution >= 0.6 is 0 Å². The molecule has 0 aromatic heterocycles. The highest BCUT2D eigenvalue weighted by molar-refractivity contribution is 4.58. The third-order valence-corrected chi connectivity index (χ3v) is 3.71. The maximum atomic E-state index is 9.55. The molecular weight excluding hydrogens is 234 g/mol. The summed E-state index contributed by atoms with van der Waals surface area (Å²) in [6, 6.07) is 0. The average molecular weight is 271 g/mol. The van der Waals surface area contributed by atoms with Gasteiger partial charge in [-0.3, -0.25) is 0 Å². The van der Waals surface area contributed by atoms with E-state index in [9.17, 15) is 5.11 Å². The highest BCUT2D eigenvalue weighted by Crippen LogP contribution is 2.10. The fourth-order valence-electron chi connectivity index (χ4n) is 2.44. The van der Waals surface area contributed by atoms with E-state index in [-0.39, 0.29) is 6.10 Å². The van der Waals surface area contributed by atoms with Crippen molar-refractivity contribution >= 4 is 0 Å². The summed E-state index contributed by atoms with van der Waals surface area (Å²) in [6.07, 6.45) is 15.7. The summed E-state index contributed by atoms with van der Waals surface area (Å²) in [5.74, 6) is 0. The number of hydrogen-bond donors (Lipinski definition) is 2. The normalized spacial score (nSPS) is 12.8. The minimum absolute atomic E-state index is 0.145. The van der Waals surface area contributed by atoms with Crippen LogP contribution in [-0.2, 0) is 0 Å². The molecule has 2 N–H and O–H groups in total. The smallest absolute Gasteiger partial charge is 0.0664 e. The molecule has 2 nitrogen and oxygen atoms in total. The molecule has 0 aromatic rings. The van der Waals surface area contributed by atoms with Crippen LogP contribution in [0.4, 0.5) is 0 Å². The van der Waals surface area contributed by atoms with Gasteiger partial charge in [-0.25, -0.2) is 0 Å². The Morgan fingerprint density at radius 2 is 1.26 bits per heavy atom. The van der Waals surface area contributed by atoms with E-state index in [0.717, 1.165) is 25.9 Å². The number of aliphatic hydroxyl groups excluding tert-OH is 1. The third kappa shape index (κ3) is 15.9. The molecule has 0 saturated carbocycles. The SMILES string of the molecule is CCCCCCCCCCCCNCC(O)CCC. The predicted octanol–water partition coefficient (Wildman–Crippen LogP) is 4.66. The van der Waals surface area contributed by atoms with E-state index < -0.39 is 0 Å². The van der Waals surface area contributed by atoms with Crippen molar-refractivity contribution in [2.75, 3.05) is 13.1 Å². The first-order chi connectivity index (χ1) is 9.31. The molecule has 19 heavy (non-hydrogen) atoms. The van der Waals surface area contributed by atoms with Crippen LogP contribution in [0.15, 0.2) is 0 Å². The second-order valence-corrected chi connectivity index (χ2v) is 5.83. The lowest BCUT2D eigenvalue weighted by Crippen LogP contribution is -2.27. The molecule has 0 radical (unpaired) electrons. The molecule has 116 valence electrons. The van der Waals surface area contributed by atoms with Crippen LogP contribution in [0.3, 0.4) is 0 Å². The maximum absolute atomic E-state index is 9.55. The lowest BCUT2D eigenvalue weighted by molar-refractivity contribution is 0.161. The zero-order valence-electron chi connectivity index (χ0n) is 13.4. The standard InChI is InChI=1S/C17H37NO/c1-3-5-6-7-8-9-10-11-12-13-15-18-16-17(19)14-4-2/h17-19H,3-16H2,1-2H3. The fourth-order valence-corrected chi connectivity index (χ4v) is 2.44. The predicted molar refractivity (Wildman–Crippen MR) is 85.6 cm³/mol. The van der Waals surface area contributed by atoms with Gasteiger partial charge in [-0.1, -0.05) is 78.1 Å². The molecule has 1 unspecified atom stereocenters. The molecule has 0 aliphatic heterocycles. The molecule has 0 fully saturated rings. The van der Waals surface area contributed by atoms with Crippen LogP contribution in [-0.4, -0.2) is 24.3 Å². The van der Waals surface area contributed by atoms with Gasteiger partial charge in [-0.15, -0.1) is 0 Å². The number of hydrogen-bond acceptors (Lipinski definition) is 2. The largest absolute Gasteiger partial charge is 0.392 e. The van der Waals surface area contributed by atoms with Gasteiger partial charge in [0, 0.05) is 6.54 Å². The molecule has 0 saturated heterocycles. The highest BCUT2D eigenvalue weighted by atomic mass is 16.3. The van der Waals surface area contributed by atoms with Crippen LogP contribution < -0.4 is 5.32 Å². The van der Waals surface area contributed by atoms with Crippen LogP contribution in [0, 0.1) is 0 Å². The van der Waals surface area contributed by atoms with Crippen molar-refractivity contribution in [2.24, 2.45) is 0 Å². The van der Waals surface area contributed by atoms with Crippen molar-refractivity contribution in [1.82, 2.24) is 5.32 Å². The van der Waals surface area contributed by atoms with Crippen molar-refractivity contribution in [3.05, 3.63) is 0 Å². The molecule has 1 atom stereocenters. The molecule has 0 bridgehead atoms. The lowest BCUT2D eigenvalue weighted by atomic mass is 10.1. The minimum Gasteiger partial charge on any atom is -0.392 e. The Morgan fingerprint density at radius 3 is 1.79 bits per heavy atom. The van der Waals surface area contributed by atoms with Crippen molar-refractivity contribution in [1.29, 1.82) is 0 Å². The second kappa shape index (κ2) is 16.0. The Bertz CT molecular complexity index is 161. The van der Waals surface area contributed by atoms with Crippen LogP contribution in [0.25, 0.3) is 0 Å². The van der Waals surface area contributed by atoms with Gasteiger partial charge in [0.25, 0.3) is 0 Å². The van der Waals surface area contributed by atoms with E-state index in [1.54, 1.807) is 0 Å². The number of rotatable bonds is 15. The van der Waals surface area contributed by atoms with Gasteiger partial charge >= 0.3 is 0 Å². The van der Waals surface area contributed by atoms with Gasteiger partial charge < -0.3 is 10.4 Å². The van der Waals surface area contributed by atoms with E-state index in [1.807, 2.05) is 0 Å². The summed E-state index contributed by atoms with van der Waals surface area (Å²) in [5, 5.41) is 12.9. The van der Waals surface area contributed by atoms with E-state index >= 15 is 0 Å². The van der Waals surface area contributed by atoms with E-state index in [2.05, 4.69) is 19.2 Å². The van der Waals surface area contributed by atoms with Crippen molar-refractivity contribution < 1.29 is 5.11 Å². The van der Waals surface area contributed by atoms with Gasteiger partial charge in [-0.05, 0) is 19.4 Å². The Labute approximate surface area is 121 Å². The van der Waals surface area contributed by atoms with E-state index in [4.69, 9.17) is 0 Å². The molecule has 0 amide bonds. The van der Waals surface area contributed by atoms with Crippen molar-refractivity contribution in [2.45, 2.75) is 97.0 Å². The molecule has 0 rings (SSSR count). The monoisotopic (exact) mass is 271 g/mol. The summed E-state index contributed by atoms with van der Waals surface area (Å²) in [4.78, 5) is 0. The topological polar surface area (TPSA) is 32.3 Å². The quantitative estimate of drug-likeness (QED) is 0.425. The van der Waals surface area contributed by atoms with Crippen LogP contribution in [0.5, 0.6) is 0 Å². The lowest BCUT2D eigenvalue weighted by Gasteiger charge is -2.10. The maximum Gasteiger partial charge on any atom is 0.0664 e. The van der Waals surface area contributed by atoms with Crippen LogP contribution in [0.1, 0.15) is 90.9 Å². The third-order valence-electron chi connectivity index (χ3n) is 3.71. The molecular formula is C17H37NO. The molecule has 0 aliphatic carbocycles. The Balaban J connectivity index is 2.99. The van der Waals surface area contributed by atoms with Gasteiger partial charge in [0.1, 0.15) is 0 Å². The number of aliphatic hydroxyl groups is 1. The highest BCUT2D eigenvalue weighted by Gasteiger charge is 2.00. The summed E-state index contributed by atoms with van der Waals surface area (Å²) < 4.78 is 0. The molecule has 0 heterocycles. The Hall–Kier alpha value is -0.0800. The first kappa shape index (κ1) is 18.9. The summed E-state index contributed by atoms with van der Waals surface area (Å²) in [7, 11) is 0. The summed E-state index contributed by atoms with van der Waals surface area (Å²) >= 11 is 0. The van der Waals surface area contributed by atoms with E-state index in [0.29, 0.717) is 0 Å². The number of unbranched alkanes of at least 4 members (excludes halogenated alkanes) is 9. The van der Waals surface area contributed by atoms with Gasteiger partial charge in [0.15, 0.2) is 0 Å². The number of nitrogens with one attached hydrogen (secondary N) is 1. The molecule has 0 spiro atoms. The van der Waals surface area contributed by atoms with Gasteiger partial charge in [-0.2, -0.15) is 0 Å². The summed E-state index contributed by atoms with van der Waals surface area (Å²) in [5.41, 5.74) is 0. The van der Waals surface area contributed by atoms with Crippen molar-refractivity contribution in [3.8, 4) is 0 Å². The van der Waals surface area contributed by atoms with Crippen molar-refractivity contribution in [3.63, 3.8) is 0 Å². The first-order valence-corrected chi connectivity index (χ1v) is 8.70. The Morgan fingerprint density at radius 1 is 0.737 bits per heavy atom. The van der Waals surface area contributed by atoms with Crippen LogP contribution in [0.2, 0.25) is 0 Å². The summed E-state index contributed by atoms with van der Waals surface area (Å²) in [6.45, 7) is 6.23. The minimum atomic E-state index is -0.145. The zero-order valence-corrected chi connectivity index (χ0v) is 13.4. The first-order valence-electron chi connectivity index (χ1n) is 8.70. The fraction of sp³-hybridized carbons (Fsp3) is 1.00. The average Bonchev–Trinajstić information content (AvgIpc) is 2.40. The Kier molecular flexibility index (Phi) is 15.9. The zero-order chi connectivity index (χ0) is 14.2. The van der Waals surface area contributed by atoms with E-state index in [1.165, 1.54) is 64.2 Å². The molecule has 0 aliphatic rings. The second-order valence-electron chi connectivity index (χ2n) is 5.83. The van der Waals surface area contributed by atoms with Gasteiger partial charge in [0.05, 0.1) is 6.10 Å². The molecule has 2 heteroatoms.